The van der Waals surface area contributed by atoms with Crippen molar-refractivity contribution in [2.75, 3.05) is 19.8 Å². The summed E-state index contributed by atoms with van der Waals surface area (Å²) >= 11 is 0. The molecule has 3 atom stereocenters. The summed E-state index contributed by atoms with van der Waals surface area (Å²) in [5, 5.41) is 4.09. The minimum Gasteiger partial charge on any atom is -0.376 e. The zero-order chi connectivity index (χ0) is 13.2. The van der Waals surface area contributed by atoms with Gasteiger partial charge < -0.3 is 14.0 Å². The normalized spacial score (nSPS) is 31.6. The second-order valence-electron chi connectivity index (χ2n) is 5.37. The van der Waals surface area contributed by atoms with Crippen molar-refractivity contribution in [2.45, 2.75) is 51.5 Å². The molecular weight excluding hydrogens is 244 g/mol. The van der Waals surface area contributed by atoms with Gasteiger partial charge in [-0.15, -0.1) is 0 Å². The molecule has 19 heavy (non-hydrogen) atoms. The van der Waals surface area contributed by atoms with E-state index in [1.165, 1.54) is 0 Å². The van der Waals surface area contributed by atoms with Crippen molar-refractivity contribution in [1.82, 2.24) is 10.1 Å². The fraction of sp³-hybridized carbons (Fsp3) is 0.786. The SMILES string of the molecule is CCO[C@H]1CC[C@@H]2[C@H]1OCCN2Cc1cc(C)on1. The predicted molar refractivity (Wildman–Crippen MR) is 69.8 cm³/mol. The van der Waals surface area contributed by atoms with Gasteiger partial charge in [0.25, 0.3) is 0 Å². The summed E-state index contributed by atoms with van der Waals surface area (Å²) < 4.78 is 16.9. The lowest BCUT2D eigenvalue weighted by Gasteiger charge is -2.38. The molecule has 5 nitrogen and oxygen atoms in total. The number of morpholine rings is 1. The van der Waals surface area contributed by atoms with Crippen molar-refractivity contribution in [3.05, 3.63) is 17.5 Å². The van der Waals surface area contributed by atoms with Crippen LogP contribution in [0.15, 0.2) is 10.6 Å². The van der Waals surface area contributed by atoms with E-state index in [1.807, 2.05) is 19.9 Å². The lowest BCUT2D eigenvalue weighted by Crippen LogP contribution is -2.51. The molecule has 0 amide bonds. The van der Waals surface area contributed by atoms with Crippen molar-refractivity contribution < 1.29 is 14.0 Å². The number of rotatable bonds is 4. The van der Waals surface area contributed by atoms with Crippen LogP contribution in [0.5, 0.6) is 0 Å². The van der Waals surface area contributed by atoms with E-state index in [4.69, 9.17) is 14.0 Å². The van der Waals surface area contributed by atoms with Crippen molar-refractivity contribution in [1.29, 1.82) is 0 Å². The maximum atomic E-state index is 5.93. The first-order valence-corrected chi connectivity index (χ1v) is 7.17. The number of ether oxygens (including phenoxy) is 2. The second kappa shape index (κ2) is 5.61. The first-order valence-electron chi connectivity index (χ1n) is 7.17. The molecule has 1 saturated heterocycles. The fourth-order valence-corrected chi connectivity index (χ4v) is 3.28. The molecule has 2 fully saturated rings. The molecule has 0 unspecified atom stereocenters. The van der Waals surface area contributed by atoms with Crippen LogP contribution in [0.2, 0.25) is 0 Å². The number of aromatic nitrogens is 1. The molecule has 1 aliphatic carbocycles. The Morgan fingerprint density at radius 1 is 1.47 bits per heavy atom. The molecule has 2 heterocycles. The molecule has 106 valence electrons. The molecule has 2 aliphatic rings. The number of hydrogen-bond donors (Lipinski definition) is 0. The standard InChI is InChI=1S/C14H22N2O3/c1-3-17-13-5-4-12-14(13)18-7-6-16(12)9-11-8-10(2)19-15-11/h8,12-14H,3-7,9H2,1-2H3/t12-,13+,14-/m1/s1. The highest BCUT2D eigenvalue weighted by Gasteiger charge is 2.43. The third kappa shape index (κ3) is 2.68. The Hall–Kier alpha value is -0.910. The molecule has 1 aromatic heterocycles. The lowest BCUT2D eigenvalue weighted by atomic mass is 10.1. The summed E-state index contributed by atoms with van der Waals surface area (Å²) in [5.41, 5.74) is 1.01. The maximum absolute atomic E-state index is 5.93. The van der Waals surface area contributed by atoms with E-state index in [0.29, 0.717) is 6.04 Å². The molecule has 3 rings (SSSR count). The lowest BCUT2D eigenvalue weighted by molar-refractivity contribution is -0.113. The van der Waals surface area contributed by atoms with Crippen molar-refractivity contribution in [3.8, 4) is 0 Å². The van der Waals surface area contributed by atoms with Crippen LogP contribution in [0.4, 0.5) is 0 Å². The van der Waals surface area contributed by atoms with Gasteiger partial charge in [-0.2, -0.15) is 0 Å². The van der Waals surface area contributed by atoms with Crippen LogP contribution in [0.3, 0.4) is 0 Å². The van der Waals surface area contributed by atoms with E-state index in [1.54, 1.807) is 0 Å². The number of fused-ring (bicyclic) bond motifs is 1. The molecule has 5 heteroatoms. The zero-order valence-corrected chi connectivity index (χ0v) is 11.7. The molecule has 1 saturated carbocycles. The smallest absolute Gasteiger partial charge is 0.133 e. The first kappa shape index (κ1) is 13.1. The van der Waals surface area contributed by atoms with E-state index < -0.39 is 0 Å². The van der Waals surface area contributed by atoms with Crippen LogP contribution in [-0.4, -0.2) is 48.1 Å². The average molecular weight is 266 g/mol. The van der Waals surface area contributed by atoms with E-state index in [9.17, 15) is 0 Å². The Bertz CT molecular complexity index is 421. The summed E-state index contributed by atoms with van der Waals surface area (Å²) in [6.07, 6.45) is 2.72. The number of hydrogen-bond acceptors (Lipinski definition) is 5. The molecule has 0 bridgehead atoms. The Labute approximate surface area is 113 Å². The van der Waals surface area contributed by atoms with Gasteiger partial charge in [0.1, 0.15) is 5.76 Å². The van der Waals surface area contributed by atoms with Crippen LogP contribution in [-0.2, 0) is 16.0 Å². The Kier molecular flexibility index (Phi) is 3.86. The molecule has 1 aliphatic heterocycles. The van der Waals surface area contributed by atoms with Crippen LogP contribution < -0.4 is 0 Å². The van der Waals surface area contributed by atoms with Gasteiger partial charge in [0.05, 0.1) is 24.5 Å². The predicted octanol–water partition coefficient (Wildman–Crippen LogP) is 1.75. The second-order valence-corrected chi connectivity index (χ2v) is 5.37. The van der Waals surface area contributed by atoms with Crippen LogP contribution in [0, 0.1) is 6.92 Å². The fourth-order valence-electron chi connectivity index (χ4n) is 3.28. The Morgan fingerprint density at radius 2 is 2.37 bits per heavy atom. The van der Waals surface area contributed by atoms with Gasteiger partial charge in [-0.25, -0.2) is 0 Å². The van der Waals surface area contributed by atoms with E-state index >= 15 is 0 Å². The zero-order valence-electron chi connectivity index (χ0n) is 11.7. The Morgan fingerprint density at radius 3 is 3.11 bits per heavy atom. The maximum Gasteiger partial charge on any atom is 0.133 e. The van der Waals surface area contributed by atoms with Crippen molar-refractivity contribution in [2.24, 2.45) is 0 Å². The van der Waals surface area contributed by atoms with Crippen LogP contribution in [0.25, 0.3) is 0 Å². The summed E-state index contributed by atoms with van der Waals surface area (Å²) in [5.74, 6) is 0.874. The molecule has 0 N–H and O–H groups in total. The van der Waals surface area contributed by atoms with Gasteiger partial charge in [-0.1, -0.05) is 5.16 Å². The monoisotopic (exact) mass is 266 g/mol. The number of aryl methyl sites for hydroxylation is 1. The molecule has 0 spiro atoms. The molecule has 0 aromatic carbocycles. The summed E-state index contributed by atoms with van der Waals surface area (Å²) in [6, 6.07) is 2.47. The first-order chi connectivity index (χ1) is 9.28. The largest absolute Gasteiger partial charge is 0.376 e. The van der Waals surface area contributed by atoms with E-state index in [2.05, 4.69) is 10.1 Å². The quantitative estimate of drug-likeness (QED) is 0.831. The highest BCUT2D eigenvalue weighted by molar-refractivity contribution is 5.05. The molecule has 0 radical (unpaired) electrons. The highest BCUT2D eigenvalue weighted by Crippen LogP contribution is 2.32. The molecular formula is C14H22N2O3. The van der Waals surface area contributed by atoms with Crippen LogP contribution >= 0.6 is 0 Å². The van der Waals surface area contributed by atoms with Gasteiger partial charge in [0.15, 0.2) is 0 Å². The minimum atomic E-state index is 0.224. The third-order valence-electron chi connectivity index (χ3n) is 4.07. The van der Waals surface area contributed by atoms with Crippen LogP contribution in [0.1, 0.15) is 31.2 Å². The summed E-state index contributed by atoms with van der Waals surface area (Å²) in [7, 11) is 0. The van der Waals surface area contributed by atoms with Crippen molar-refractivity contribution in [3.63, 3.8) is 0 Å². The van der Waals surface area contributed by atoms with Gasteiger partial charge in [-0.05, 0) is 26.7 Å². The average Bonchev–Trinajstić information content (AvgIpc) is 2.98. The van der Waals surface area contributed by atoms with Gasteiger partial charge in [0, 0.05) is 31.8 Å². The summed E-state index contributed by atoms with van der Waals surface area (Å²) in [6.45, 7) is 7.33. The minimum absolute atomic E-state index is 0.224. The molecule has 1 aromatic rings. The van der Waals surface area contributed by atoms with E-state index in [0.717, 1.165) is 50.6 Å². The topological polar surface area (TPSA) is 47.7 Å². The van der Waals surface area contributed by atoms with Gasteiger partial charge >= 0.3 is 0 Å². The Balaban J connectivity index is 1.66. The van der Waals surface area contributed by atoms with Crippen molar-refractivity contribution >= 4 is 0 Å². The summed E-state index contributed by atoms with van der Waals surface area (Å²) in [4.78, 5) is 2.46. The van der Waals surface area contributed by atoms with Gasteiger partial charge in [0.2, 0.25) is 0 Å². The highest BCUT2D eigenvalue weighted by atomic mass is 16.5. The number of nitrogens with zero attached hydrogens (tertiary/aromatic N) is 2. The van der Waals surface area contributed by atoms with E-state index in [-0.39, 0.29) is 12.2 Å². The van der Waals surface area contributed by atoms with Gasteiger partial charge in [-0.3, -0.25) is 4.90 Å². The third-order valence-corrected chi connectivity index (χ3v) is 4.07.